The molecule has 2 N–H and O–H groups in total. The SMILES string of the molecule is CN1CCC(N(C)c2ccc(N)cc2)CC1. The smallest absolute Gasteiger partial charge is 0.0367 e. The van der Waals surface area contributed by atoms with E-state index in [1.807, 2.05) is 12.1 Å². The topological polar surface area (TPSA) is 32.5 Å². The number of hydrogen-bond acceptors (Lipinski definition) is 3. The van der Waals surface area contributed by atoms with Crippen molar-refractivity contribution in [1.29, 1.82) is 0 Å². The van der Waals surface area contributed by atoms with Gasteiger partial charge in [-0.2, -0.15) is 0 Å². The number of nitrogen functional groups attached to an aromatic ring is 1. The van der Waals surface area contributed by atoms with Crippen LogP contribution in [0.3, 0.4) is 0 Å². The number of benzene rings is 1. The molecule has 1 aliphatic heterocycles. The lowest BCUT2D eigenvalue weighted by atomic mass is 10.0. The van der Waals surface area contributed by atoms with Crippen molar-refractivity contribution in [3.63, 3.8) is 0 Å². The van der Waals surface area contributed by atoms with Gasteiger partial charge in [-0.25, -0.2) is 0 Å². The summed E-state index contributed by atoms with van der Waals surface area (Å²) in [5, 5.41) is 0. The van der Waals surface area contributed by atoms with E-state index in [4.69, 9.17) is 5.73 Å². The van der Waals surface area contributed by atoms with Crippen LogP contribution in [0.2, 0.25) is 0 Å². The number of anilines is 2. The first kappa shape index (κ1) is 11.3. The lowest BCUT2D eigenvalue weighted by molar-refractivity contribution is 0.253. The third kappa shape index (κ3) is 2.47. The normalized spacial score (nSPS) is 18.6. The van der Waals surface area contributed by atoms with E-state index in [0.29, 0.717) is 6.04 Å². The van der Waals surface area contributed by atoms with Gasteiger partial charge in [0, 0.05) is 24.5 Å². The minimum Gasteiger partial charge on any atom is -0.399 e. The molecule has 1 saturated heterocycles. The molecule has 0 aliphatic carbocycles. The maximum absolute atomic E-state index is 5.70. The van der Waals surface area contributed by atoms with Crippen molar-refractivity contribution in [1.82, 2.24) is 4.90 Å². The van der Waals surface area contributed by atoms with Gasteiger partial charge in [0.2, 0.25) is 0 Å². The second-order valence-corrected chi connectivity index (χ2v) is 4.74. The lowest BCUT2D eigenvalue weighted by Crippen LogP contribution is -2.41. The molecule has 0 radical (unpaired) electrons. The van der Waals surface area contributed by atoms with Crippen LogP contribution in [-0.2, 0) is 0 Å². The third-order valence-electron chi connectivity index (χ3n) is 3.54. The van der Waals surface area contributed by atoms with Gasteiger partial charge in [-0.1, -0.05) is 0 Å². The first-order valence-electron chi connectivity index (χ1n) is 5.94. The van der Waals surface area contributed by atoms with Gasteiger partial charge < -0.3 is 15.5 Å². The Labute approximate surface area is 97.8 Å². The highest BCUT2D eigenvalue weighted by Crippen LogP contribution is 2.22. The van der Waals surface area contributed by atoms with E-state index in [-0.39, 0.29) is 0 Å². The Balaban J connectivity index is 2.01. The molecule has 0 atom stereocenters. The van der Waals surface area contributed by atoms with Crippen LogP contribution in [0.5, 0.6) is 0 Å². The van der Waals surface area contributed by atoms with Crippen LogP contribution >= 0.6 is 0 Å². The monoisotopic (exact) mass is 219 g/mol. The predicted octanol–water partition coefficient (Wildman–Crippen LogP) is 1.80. The van der Waals surface area contributed by atoms with Crippen LogP contribution in [0, 0.1) is 0 Å². The highest BCUT2D eigenvalue weighted by atomic mass is 15.2. The van der Waals surface area contributed by atoms with Crippen molar-refractivity contribution < 1.29 is 0 Å². The zero-order chi connectivity index (χ0) is 11.5. The molecule has 3 heteroatoms. The molecule has 2 rings (SSSR count). The first-order valence-corrected chi connectivity index (χ1v) is 5.94. The number of hydrogen-bond donors (Lipinski definition) is 1. The summed E-state index contributed by atoms with van der Waals surface area (Å²) in [6, 6.07) is 8.82. The molecule has 0 amide bonds. The molecule has 1 fully saturated rings. The third-order valence-corrected chi connectivity index (χ3v) is 3.54. The molecular weight excluding hydrogens is 198 g/mol. The van der Waals surface area contributed by atoms with Gasteiger partial charge in [0.15, 0.2) is 0 Å². The molecule has 88 valence electrons. The van der Waals surface area contributed by atoms with Crippen molar-refractivity contribution in [2.24, 2.45) is 0 Å². The fraction of sp³-hybridized carbons (Fsp3) is 0.538. The molecule has 0 unspecified atom stereocenters. The minimum atomic E-state index is 0.667. The summed E-state index contributed by atoms with van der Waals surface area (Å²) in [5.41, 5.74) is 7.80. The predicted molar refractivity (Wildman–Crippen MR) is 69.8 cm³/mol. The summed E-state index contributed by atoms with van der Waals surface area (Å²) < 4.78 is 0. The number of nitrogens with two attached hydrogens (primary N) is 1. The molecule has 0 bridgehead atoms. The van der Waals surface area contributed by atoms with E-state index in [2.05, 4.69) is 36.0 Å². The molecule has 1 aliphatic rings. The molecule has 1 aromatic rings. The van der Waals surface area contributed by atoms with E-state index in [1.165, 1.54) is 31.6 Å². The van der Waals surface area contributed by atoms with Crippen LogP contribution < -0.4 is 10.6 Å². The number of likely N-dealkylation sites (tertiary alicyclic amines) is 1. The van der Waals surface area contributed by atoms with Gasteiger partial charge in [0.05, 0.1) is 0 Å². The van der Waals surface area contributed by atoms with Gasteiger partial charge in [-0.05, 0) is 57.2 Å². The molecule has 1 heterocycles. The van der Waals surface area contributed by atoms with Crippen molar-refractivity contribution in [2.45, 2.75) is 18.9 Å². The van der Waals surface area contributed by atoms with Crippen molar-refractivity contribution >= 4 is 11.4 Å². The van der Waals surface area contributed by atoms with Crippen LogP contribution in [0.4, 0.5) is 11.4 Å². The van der Waals surface area contributed by atoms with E-state index < -0.39 is 0 Å². The highest BCUT2D eigenvalue weighted by Gasteiger charge is 2.20. The number of rotatable bonds is 2. The Bertz CT molecular complexity index is 326. The fourth-order valence-electron chi connectivity index (χ4n) is 2.30. The Morgan fingerprint density at radius 3 is 2.31 bits per heavy atom. The first-order chi connectivity index (χ1) is 7.66. The molecule has 16 heavy (non-hydrogen) atoms. The van der Waals surface area contributed by atoms with Crippen LogP contribution in [0.25, 0.3) is 0 Å². The van der Waals surface area contributed by atoms with Gasteiger partial charge in [0.25, 0.3) is 0 Å². The Kier molecular flexibility index (Phi) is 3.34. The summed E-state index contributed by atoms with van der Waals surface area (Å²) in [6.07, 6.45) is 2.49. The van der Waals surface area contributed by atoms with Crippen LogP contribution in [-0.4, -0.2) is 38.1 Å². The quantitative estimate of drug-likeness (QED) is 0.770. The standard InChI is InChI=1S/C13H21N3/c1-15-9-7-13(8-10-15)16(2)12-5-3-11(14)4-6-12/h3-6,13H,7-10,14H2,1-2H3. The van der Waals surface area contributed by atoms with Crippen molar-refractivity contribution in [3.8, 4) is 0 Å². The molecule has 0 saturated carbocycles. The second kappa shape index (κ2) is 4.74. The Morgan fingerprint density at radius 2 is 1.75 bits per heavy atom. The zero-order valence-corrected chi connectivity index (χ0v) is 10.2. The average Bonchev–Trinajstić information content (AvgIpc) is 2.30. The largest absolute Gasteiger partial charge is 0.399 e. The summed E-state index contributed by atoms with van der Waals surface area (Å²) in [7, 11) is 4.38. The van der Waals surface area contributed by atoms with Gasteiger partial charge in [0.1, 0.15) is 0 Å². The second-order valence-electron chi connectivity index (χ2n) is 4.74. The average molecular weight is 219 g/mol. The highest BCUT2D eigenvalue weighted by molar-refractivity contribution is 5.53. The number of nitrogens with zero attached hydrogens (tertiary/aromatic N) is 2. The Hall–Kier alpha value is -1.22. The Morgan fingerprint density at radius 1 is 1.19 bits per heavy atom. The van der Waals surface area contributed by atoms with Crippen LogP contribution in [0.1, 0.15) is 12.8 Å². The number of piperidine rings is 1. The summed E-state index contributed by atoms with van der Waals surface area (Å²) >= 11 is 0. The summed E-state index contributed by atoms with van der Waals surface area (Å²) in [6.45, 7) is 2.40. The summed E-state index contributed by atoms with van der Waals surface area (Å²) in [4.78, 5) is 4.78. The van der Waals surface area contributed by atoms with Crippen LogP contribution in [0.15, 0.2) is 24.3 Å². The maximum atomic E-state index is 5.70. The van der Waals surface area contributed by atoms with Gasteiger partial charge in [-0.3, -0.25) is 0 Å². The van der Waals surface area contributed by atoms with E-state index in [9.17, 15) is 0 Å². The molecule has 0 aromatic heterocycles. The van der Waals surface area contributed by atoms with E-state index in [0.717, 1.165) is 5.69 Å². The molecule has 3 nitrogen and oxygen atoms in total. The van der Waals surface area contributed by atoms with Gasteiger partial charge >= 0.3 is 0 Å². The minimum absolute atomic E-state index is 0.667. The van der Waals surface area contributed by atoms with E-state index in [1.54, 1.807) is 0 Å². The van der Waals surface area contributed by atoms with E-state index >= 15 is 0 Å². The fourth-order valence-corrected chi connectivity index (χ4v) is 2.30. The molecular formula is C13H21N3. The summed E-state index contributed by atoms with van der Waals surface area (Å²) in [5.74, 6) is 0. The zero-order valence-electron chi connectivity index (χ0n) is 10.2. The maximum Gasteiger partial charge on any atom is 0.0367 e. The van der Waals surface area contributed by atoms with Crippen molar-refractivity contribution in [2.75, 3.05) is 37.8 Å². The lowest BCUT2D eigenvalue weighted by Gasteiger charge is -2.36. The molecule has 1 aromatic carbocycles. The van der Waals surface area contributed by atoms with Crippen molar-refractivity contribution in [3.05, 3.63) is 24.3 Å². The van der Waals surface area contributed by atoms with Gasteiger partial charge in [-0.15, -0.1) is 0 Å². The molecule has 0 spiro atoms.